The van der Waals surface area contributed by atoms with Crippen LogP contribution in [0.4, 0.5) is 10.2 Å². The molecule has 0 atom stereocenters. The van der Waals surface area contributed by atoms with Gasteiger partial charge in [-0.25, -0.2) is 19.3 Å². The quantitative estimate of drug-likeness (QED) is 0.599. The molecule has 3 aromatic rings. The lowest BCUT2D eigenvalue weighted by molar-refractivity contribution is 0.628. The highest BCUT2D eigenvalue weighted by atomic mass is 19.1. The number of hydrogen-bond acceptors (Lipinski definition) is 5. The van der Waals surface area contributed by atoms with Gasteiger partial charge in [0.2, 0.25) is 0 Å². The molecule has 0 spiro atoms. The third kappa shape index (κ3) is 4.73. The van der Waals surface area contributed by atoms with Gasteiger partial charge in [0.15, 0.2) is 5.65 Å². The van der Waals surface area contributed by atoms with Gasteiger partial charge in [-0.3, -0.25) is 4.99 Å². The van der Waals surface area contributed by atoms with Gasteiger partial charge < -0.3 is 5.32 Å². The van der Waals surface area contributed by atoms with Crippen LogP contribution in [0, 0.1) is 5.82 Å². The molecule has 0 amide bonds. The second-order valence-electron chi connectivity index (χ2n) is 6.34. The van der Waals surface area contributed by atoms with Gasteiger partial charge in [-0.05, 0) is 37.1 Å². The van der Waals surface area contributed by atoms with Crippen molar-refractivity contribution < 1.29 is 4.39 Å². The number of rotatable bonds is 7. The van der Waals surface area contributed by atoms with Crippen LogP contribution >= 0.6 is 0 Å². The first kappa shape index (κ1) is 18.6. The molecule has 0 fully saturated rings. The Bertz CT molecular complexity index is 980. The van der Waals surface area contributed by atoms with E-state index in [4.69, 9.17) is 0 Å². The monoisotopic (exact) mass is 363 g/mol. The fourth-order valence-corrected chi connectivity index (χ4v) is 2.80. The van der Waals surface area contributed by atoms with E-state index in [1.54, 1.807) is 18.3 Å². The van der Waals surface area contributed by atoms with Crippen LogP contribution in [0.2, 0.25) is 0 Å². The summed E-state index contributed by atoms with van der Waals surface area (Å²) in [5.74, 6) is 0.400. The second-order valence-corrected chi connectivity index (χ2v) is 6.34. The van der Waals surface area contributed by atoms with Gasteiger partial charge in [0.1, 0.15) is 18.0 Å². The van der Waals surface area contributed by atoms with E-state index in [0.29, 0.717) is 18.0 Å². The Hall–Kier alpha value is -3.15. The van der Waals surface area contributed by atoms with Crippen molar-refractivity contribution in [3.8, 4) is 11.1 Å². The molecule has 2 heterocycles. The molecule has 0 unspecified atom stereocenters. The maximum absolute atomic E-state index is 13.2. The Kier molecular flexibility index (Phi) is 5.86. The lowest BCUT2D eigenvalue weighted by atomic mass is 10.1. The van der Waals surface area contributed by atoms with Crippen LogP contribution < -0.4 is 5.32 Å². The normalized spacial score (nSPS) is 11.6. The molecule has 0 radical (unpaired) electrons. The van der Waals surface area contributed by atoms with Crippen molar-refractivity contribution in [1.82, 2.24) is 15.0 Å². The Morgan fingerprint density at radius 3 is 2.67 bits per heavy atom. The first-order chi connectivity index (χ1) is 13.1. The van der Waals surface area contributed by atoms with Crippen LogP contribution in [0.3, 0.4) is 0 Å². The molecule has 0 aliphatic rings. The van der Waals surface area contributed by atoms with E-state index in [1.807, 2.05) is 13.0 Å². The molecular formula is C21H22FN5. The van der Waals surface area contributed by atoms with Crippen molar-refractivity contribution in [3.63, 3.8) is 0 Å². The summed E-state index contributed by atoms with van der Waals surface area (Å²) >= 11 is 0. The number of pyridine rings is 1. The highest BCUT2D eigenvalue weighted by Gasteiger charge is 2.08. The van der Waals surface area contributed by atoms with E-state index in [9.17, 15) is 4.39 Å². The number of halogens is 1. The lowest BCUT2D eigenvalue weighted by Gasteiger charge is -2.10. The number of benzene rings is 1. The molecule has 27 heavy (non-hydrogen) atoms. The highest BCUT2D eigenvalue weighted by molar-refractivity contribution is 5.89. The zero-order valence-corrected chi connectivity index (χ0v) is 15.5. The zero-order valence-electron chi connectivity index (χ0n) is 15.5. The number of aromatic nitrogens is 3. The molecule has 0 bridgehead atoms. The third-order valence-corrected chi connectivity index (χ3v) is 4.09. The van der Waals surface area contributed by atoms with Gasteiger partial charge >= 0.3 is 0 Å². The van der Waals surface area contributed by atoms with E-state index in [0.717, 1.165) is 40.8 Å². The van der Waals surface area contributed by atoms with Gasteiger partial charge in [0.05, 0.1) is 17.6 Å². The molecule has 3 rings (SSSR count). The largest absolute Gasteiger partial charge is 0.364 e. The maximum atomic E-state index is 13.2. The molecule has 1 N–H and O–H groups in total. The lowest BCUT2D eigenvalue weighted by Crippen LogP contribution is -2.07. The summed E-state index contributed by atoms with van der Waals surface area (Å²) in [5.41, 5.74) is 4.16. The molecule has 6 heteroatoms. The second kappa shape index (κ2) is 8.49. The molecule has 5 nitrogen and oxygen atoms in total. The summed E-state index contributed by atoms with van der Waals surface area (Å²) in [4.78, 5) is 17.5. The number of anilines is 1. The molecule has 0 saturated heterocycles. The van der Waals surface area contributed by atoms with Crippen LogP contribution in [0.5, 0.6) is 0 Å². The Morgan fingerprint density at radius 2 is 1.93 bits per heavy atom. The van der Waals surface area contributed by atoms with Gasteiger partial charge in [-0.15, -0.1) is 0 Å². The number of nitrogens with one attached hydrogen (secondary N) is 1. The third-order valence-electron chi connectivity index (χ3n) is 4.09. The molecule has 1 aromatic carbocycles. The van der Waals surface area contributed by atoms with Crippen LogP contribution in [-0.2, 0) is 0 Å². The number of nitrogens with zero attached hydrogens (tertiary/aromatic N) is 4. The summed E-state index contributed by atoms with van der Waals surface area (Å²) in [6.07, 6.45) is 5.22. The summed E-state index contributed by atoms with van der Waals surface area (Å²) in [5, 5.41) is 4.06. The molecular weight excluding hydrogens is 341 g/mol. The Labute approximate surface area is 158 Å². The highest BCUT2D eigenvalue weighted by Crippen LogP contribution is 2.25. The van der Waals surface area contributed by atoms with E-state index in [1.165, 1.54) is 18.5 Å². The van der Waals surface area contributed by atoms with Crippen molar-refractivity contribution >= 4 is 22.6 Å². The van der Waals surface area contributed by atoms with Crippen molar-refractivity contribution in [2.24, 2.45) is 4.99 Å². The minimum atomic E-state index is -0.268. The standard InChI is InChI=1S/C21H22FN5/c1-4-5-14(2)27-15(3)11-23-20-19-10-17(12-24-21(19)26-13-25-20)16-6-8-18(22)9-7-16/h6-10,12-13H,3-5,11H2,1-2H3,(H,23,24,25,26). The van der Waals surface area contributed by atoms with Crippen LogP contribution in [0.15, 0.2) is 60.1 Å². The molecule has 0 aliphatic heterocycles. The van der Waals surface area contributed by atoms with Gasteiger partial charge in [-0.1, -0.05) is 32.1 Å². The number of hydrogen-bond donors (Lipinski definition) is 1. The minimum absolute atomic E-state index is 0.268. The zero-order chi connectivity index (χ0) is 19.2. The Morgan fingerprint density at radius 1 is 1.15 bits per heavy atom. The first-order valence-corrected chi connectivity index (χ1v) is 8.89. The molecule has 2 aromatic heterocycles. The van der Waals surface area contributed by atoms with E-state index in [2.05, 4.69) is 38.8 Å². The molecule has 0 saturated carbocycles. The van der Waals surface area contributed by atoms with E-state index in [-0.39, 0.29) is 5.82 Å². The molecule has 138 valence electrons. The first-order valence-electron chi connectivity index (χ1n) is 8.89. The molecule has 0 aliphatic carbocycles. The topological polar surface area (TPSA) is 63.1 Å². The summed E-state index contributed by atoms with van der Waals surface area (Å²) in [6.45, 7) is 8.61. The van der Waals surface area contributed by atoms with E-state index < -0.39 is 0 Å². The fourth-order valence-electron chi connectivity index (χ4n) is 2.80. The average Bonchev–Trinajstić information content (AvgIpc) is 2.66. The van der Waals surface area contributed by atoms with Crippen molar-refractivity contribution in [2.45, 2.75) is 26.7 Å². The fraction of sp³-hybridized carbons (Fsp3) is 0.238. The number of fused-ring (bicyclic) bond motifs is 1. The van der Waals surface area contributed by atoms with Crippen molar-refractivity contribution in [1.29, 1.82) is 0 Å². The summed E-state index contributed by atoms with van der Waals surface area (Å²) in [6, 6.07) is 8.26. The maximum Gasteiger partial charge on any atom is 0.164 e. The van der Waals surface area contributed by atoms with Gasteiger partial charge in [-0.2, -0.15) is 0 Å². The van der Waals surface area contributed by atoms with Gasteiger partial charge in [0.25, 0.3) is 0 Å². The minimum Gasteiger partial charge on any atom is -0.364 e. The summed E-state index contributed by atoms with van der Waals surface area (Å²) < 4.78 is 13.2. The van der Waals surface area contributed by atoms with Crippen LogP contribution in [0.1, 0.15) is 26.7 Å². The average molecular weight is 363 g/mol. The van der Waals surface area contributed by atoms with E-state index >= 15 is 0 Å². The Balaban J connectivity index is 1.85. The SMILES string of the molecule is C=C(CNc1ncnc2ncc(-c3ccc(F)cc3)cc12)N=C(C)CCC. The van der Waals surface area contributed by atoms with Crippen LogP contribution in [-0.4, -0.2) is 27.2 Å². The van der Waals surface area contributed by atoms with Crippen LogP contribution in [0.25, 0.3) is 22.2 Å². The van der Waals surface area contributed by atoms with Gasteiger partial charge in [0, 0.05) is 17.5 Å². The number of aliphatic imine (C=N–C) groups is 1. The summed E-state index contributed by atoms with van der Waals surface area (Å²) in [7, 11) is 0. The smallest absolute Gasteiger partial charge is 0.164 e. The van der Waals surface area contributed by atoms with Crippen molar-refractivity contribution in [3.05, 3.63) is 60.9 Å². The van der Waals surface area contributed by atoms with Crippen molar-refractivity contribution in [2.75, 3.05) is 11.9 Å². The predicted octanol–water partition coefficient (Wildman–Crippen LogP) is 5.02. The predicted molar refractivity (Wildman–Crippen MR) is 108 cm³/mol.